The highest BCUT2D eigenvalue weighted by Crippen LogP contribution is 2.24. The molecule has 4 nitrogen and oxygen atoms in total. The lowest BCUT2D eigenvalue weighted by atomic mass is 9.83. The Morgan fingerprint density at radius 1 is 1.20 bits per heavy atom. The average Bonchev–Trinajstić information content (AvgIpc) is 2.38. The molecule has 0 saturated carbocycles. The number of nitrogens with one attached hydrogen (secondary N) is 1. The highest BCUT2D eigenvalue weighted by molar-refractivity contribution is 5.87. The molecule has 0 spiro atoms. The van der Waals surface area contributed by atoms with E-state index in [-0.39, 0.29) is 5.91 Å². The molecule has 3 N–H and O–H groups in total. The quantitative estimate of drug-likeness (QED) is 0.592. The maximum absolute atomic E-state index is 12.3. The highest BCUT2D eigenvalue weighted by atomic mass is 16.2. The van der Waals surface area contributed by atoms with Crippen LogP contribution < -0.4 is 11.1 Å². The van der Waals surface area contributed by atoms with Crippen LogP contribution in [0.15, 0.2) is 24.3 Å². The molecule has 0 aromatic heterocycles. The molecule has 0 heterocycles. The van der Waals surface area contributed by atoms with Gasteiger partial charge in [-0.2, -0.15) is 0 Å². The Labute approximate surface area is 122 Å². The molecule has 0 aliphatic heterocycles. The summed E-state index contributed by atoms with van der Waals surface area (Å²) in [6.45, 7) is 5.66. The van der Waals surface area contributed by atoms with Gasteiger partial charge in [-0.25, -0.2) is 0 Å². The minimum absolute atomic E-state index is 0.0622. The summed E-state index contributed by atoms with van der Waals surface area (Å²) in [4.78, 5) is 14.4. The maximum atomic E-state index is 12.3. The van der Waals surface area contributed by atoms with E-state index in [0.29, 0.717) is 5.69 Å². The molecule has 4 heteroatoms. The zero-order valence-electron chi connectivity index (χ0n) is 13.1. The molecule has 0 saturated heterocycles. The number of unbranched alkanes of at least 4 members (excludes halogenated alkanes) is 1. The molecule has 0 unspecified atom stereocenters. The molecular formula is C16H27N3O. The van der Waals surface area contributed by atoms with E-state index in [4.69, 9.17) is 5.73 Å². The molecule has 1 amide bonds. The van der Waals surface area contributed by atoms with Gasteiger partial charge in [-0.05, 0) is 65.0 Å². The van der Waals surface area contributed by atoms with E-state index in [2.05, 4.69) is 24.3 Å². The van der Waals surface area contributed by atoms with Gasteiger partial charge in [-0.1, -0.05) is 12.1 Å². The molecule has 0 bridgehead atoms. The van der Waals surface area contributed by atoms with Gasteiger partial charge in [0.1, 0.15) is 0 Å². The van der Waals surface area contributed by atoms with E-state index in [0.717, 1.165) is 31.5 Å². The minimum atomic E-state index is -0.532. The summed E-state index contributed by atoms with van der Waals surface area (Å²) in [5, 5.41) is 3.02. The predicted octanol–water partition coefficient (Wildman–Crippen LogP) is 2.00. The van der Waals surface area contributed by atoms with Crippen molar-refractivity contribution in [3.05, 3.63) is 29.8 Å². The second kappa shape index (κ2) is 7.29. The zero-order chi connectivity index (χ0) is 15.2. The summed E-state index contributed by atoms with van der Waals surface area (Å²) in [6, 6.07) is 7.50. The van der Waals surface area contributed by atoms with Crippen molar-refractivity contribution in [2.45, 2.75) is 32.1 Å². The van der Waals surface area contributed by atoms with Crippen LogP contribution in [0.25, 0.3) is 0 Å². The number of nitrogen functional groups attached to an aromatic ring is 1. The molecule has 20 heavy (non-hydrogen) atoms. The van der Waals surface area contributed by atoms with Gasteiger partial charge in [-0.15, -0.1) is 0 Å². The molecule has 0 aliphatic rings. The molecule has 1 aromatic rings. The van der Waals surface area contributed by atoms with E-state index in [9.17, 15) is 4.79 Å². The van der Waals surface area contributed by atoms with Crippen molar-refractivity contribution in [3.63, 3.8) is 0 Å². The predicted molar refractivity (Wildman–Crippen MR) is 84.7 cm³/mol. The molecule has 1 rings (SSSR count). The number of carbonyl (C=O) groups is 1. The Balaban J connectivity index is 2.46. The number of anilines is 1. The van der Waals surface area contributed by atoms with Gasteiger partial charge >= 0.3 is 0 Å². The van der Waals surface area contributed by atoms with Gasteiger partial charge in [0.15, 0.2) is 0 Å². The lowest BCUT2D eigenvalue weighted by Crippen LogP contribution is -2.40. The Morgan fingerprint density at radius 2 is 1.80 bits per heavy atom. The summed E-state index contributed by atoms with van der Waals surface area (Å²) in [7, 11) is 4.12. The second-order valence-electron chi connectivity index (χ2n) is 6.01. The lowest BCUT2D eigenvalue weighted by Gasteiger charge is -2.24. The van der Waals surface area contributed by atoms with Crippen molar-refractivity contribution in [3.8, 4) is 0 Å². The molecule has 0 aliphatic carbocycles. The fourth-order valence-corrected chi connectivity index (χ4v) is 2.01. The Hall–Kier alpha value is -1.55. The summed E-state index contributed by atoms with van der Waals surface area (Å²) in [5.74, 6) is 0.0622. The van der Waals surface area contributed by atoms with Crippen LogP contribution in [-0.4, -0.2) is 38.0 Å². The Bertz CT molecular complexity index is 424. The van der Waals surface area contributed by atoms with Crippen LogP contribution >= 0.6 is 0 Å². The fourth-order valence-electron chi connectivity index (χ4n) is 2.01. The van der Waals surface area contributed by atoms with Crippen LogP contribution in [0.2, 0.25) is 0 Å². The Kier molecular flexibility index (Phi) is 6.02. The minimum Gasteiger partial charge on any atom is -0.399 e. The topological polar surface area (TPSA) is 58.4 Å². The van der Waals surface area contributed by atoms with Gasteiger partial charge in [0.05, 0.1) is 5.41 Å². The standard InChI is InChI=1S/C16H27N3O/c1-16(2,13-7-9-14(17)10-8-13)15(20)18-11-5-6-12-19(3)4/h7-10H,5-6,11-12,17H2,1-4H3,(H,18,20). The molecule has 0 radical (unpaired) electrons. The maximum Gasteiger partial charge on any atom is 0.230 e. The van der Waals surface area contributed by atoms with Gasteiger partial charge < -0.3 is 16.0 Å². The van der Waals surface area contributed by atoms with Crippen molar-refractivity contribution in [1.29, 1.82) is 0 Å². The van der Waals surface area contributed by atoms with Gasteiger partial charge in [0.25, 0.3) is 0 Å². The first-order chi connectivity index (χ1) is 9.34. The van der Waals surface area contributed by atoms with Crippen LogP contribution in [0.5, 0.6) is 0 Å². The number of hydrogen-bond donors (Lipinski definition) is 2. The van der Waals surface area contributed by atoms with Crippen LogP contribution in [0.1, 0.15) is 32.3 Å². The number of hydrogen-bond acceptors (Lipinski definition) is 3. The lowest BCUT2D eigenvalue weighted by molar-refractivity contribution is -0.125. The van der Waals surface area contributed by atoms with Crippen molar-refractivity contribution >= 4 is 11.6 Å². The molecule has 0 fully saturated rings. The SMILES string of the molecule is CN(C)CCCCNC(=O)C(C)(C)c1ccc(N)cc1. The van der Waals surface area contributed by atoms with Crippen molar-refractivity contribution in [1.82, 2.24) is 10.2 Å². The van der Waals surface area contributed by atoms with E-state index in [1.165, 1.54) is 0 Å². The summed E-state index contributed by atoms with van der Waals surface area (Å²) < 4.78 is 0. The summed E-state index contributed by atoms with van der Waals surface area (Å²) in [5.41, 5.74) is 6.85. The largest absolute Gasteiger partial charge is 0.399 e. The van der Waals surface area contributed by atoms with Gasteiger partial charge in [-0.3, -0.25) is 4.79 Å². The second-order valence-corrected chi connectivity index (χ2v) is 6.01. The van der Waals surface area contributed by atoms with Crippen LogP contribution in [0.3, 0.4) is 0 Å². The zero-order valence-corrected chi connectivity index (χ0v) is 13.1. The smallest absolute Gasteiger partial charge is 0.230 e. The third-order valence-electron chi connectivity index (χ3n) is 3.52. The molecule has 112 valence electrons. The first-order valence-electron chi connectivity index (χ1n) is 7.13. The average molecular weight is 277 g/mol. The summed E-state index contributed by atoms with van der Waals surface area (Å²) in [6.07, 6.45) is 2.09. The third kappa shape index (κ3) is 4.85. The number of carbonyl (C=O) groups excluding carboxylic acids is 1. The number of benzene rings is 1. The van der Waals surface area contributed by atoms with Crippen LogP contribution in [0, 0.1) is 0 Å². The van der Waals surface area contributed by atoms with E-state index >= 15 is 0 Å². The van der Waals surface area contributed by atoms with Gasteiger partial charge in [0, 0.05) is 12.2 Å². The number of nitrogens with two attached hydrogens (primary N) is 1. The van der Waals surface area contributed by atoms with E-state index in [1.54, 1.807) is 0 Å². The molecule has 1 aromatic carbocycles. The fraction of sp³-hybridized carbons (Fsp3) is 0.562. The van der Waals surface area contributed by atoms with E-state index < -0.39 is 5.41 Å². The third-order valence-corrected chi connectivity index (χ3v) is 3.52. The first-order valence-corrected chi connectivity index (χ1v) is 7.13. The monoisotopic (exact) mass is 277 g/mol. The highest BCUT2D eigenvalue weighted by Gasteiger charge is 2.29. The van der Waals surface area contributed by atoms with E-state index in [1.807, 2.05) is 38.1 Å². The number of rotatable bonds is 7. The van der Waals surface area contributed by atoms with Crippen molar-refractivity contribution < 1.29 is 4.79 Å². The van der Waals surface area contributed by atoms with Gasteiger partial charge in [0.2, 0.25) is 5.91 Å². The Morgan fingerprint density at radius 3 is 2.35 bits per heavy atom. The van der Waals surface area contributed by atoms with Crippen molar-refractivity contribution in [2.24, 2.45) is 0 Å². The summed E-state index contributed by atoms with van der Waals surface area (Å²) >= 11 is 0. The normalized spacial score (nSPS) is 11.7. The van der Waals surface area contributed by atoms with Crippen LogP contribution in [0.4, 0.5) is 5.69 Å². The molecule has 0 atom stereocenters. The number of nitrogens with zero attached hydrogens (tertiary/aromatic N) is 1. The first kappa shape index (κ1) is 16.5. The number of amides is 1. The van der Waals surface area contributed by atoms with Crippen LogP contribution in [-0.2, 0) is 10.2 Å². The van der Waals surface area contributed by atoms with Crippen molar-refractivity contribution in [2.75, 3.05) is 32.9 Å². The molecular weight excluding hydrogens is 250 g/mol.